The molecule has 0 N–H and O–H groups in total. The number of fused-ring (bicyclic) bond motifs is 3. The number of quaternary nitrogens is 2. The molecule has 9 heteroatoms. The van der Waals surface area contributed by atoms with Crippen LogP contribution in [0.4, 0.5) is 11.9 Å². The van der Waals surface area contributed by atoms with Crippen LogP contribution in [-0.4, -0.2) is 105 Å². The highest BCUT2D eigenvalue weighted by Crippen LogP contribution is 2.32. The van der Waals surface area contributed by atoms with Gasteiger partial charge in [-0.3, -0.25) is 0 Å². The summed E-state index contributed by atoms with van der Waals surface area (Å²) in [4.78, 5) is 16.2. The predicted octanol–water partition coefficient (Wildman–Crippen LogP) is 0.107. The number of alkyl halides is 1. The van der Waals surface area contributed by atoms with E-state index in [1.165, 1.54) is 0 Å². The fourth-order valence-corrected chi connectivity index (χ4v) is 4.60. The van der Waals surface area contributed by atoms with E-state index in [1.54, 1.807) is 7.11 Å². The molecule has 4 aliphatic rings. The molecule has 0 unspecified atom stereocenters. The third-order valence-corrected chi connectivity index (χ3v) is 6.23. The lowest BCUT2D eigenvalue weighted by Gasteiger charge is -2.53. The van der Waals surface area contributed by atoms with Gasteiger partial charge < -0.3 is 18.9 Å². The minimum Gasteiger partial charge on any atom is -0.467 e. The number of methoxy groups -OCH3 is 1. The Labute approximate surface area is 153 Å². The molecule has 0 amide bonds. The van der Waals surface area contributed by atoms with Crippen molar-refractivity contribution >= 4 is 23.5 Å². The lowest BCUT2D eigenvalue weighted by molar-refractivity contribution is -0.938. The van der Waals surface area contributed by atoms with Gasteiger partial charge in [-0.25, -0.2) is 4.48 Å². The maximum absolute atomic E-state index is 6.03. The maximum Gasteiger partial charge on any atom is 0.337 e. The predicted molar refractivity (Wildman–Crippen MR) is 96.3 cm³/mol. The number of piperazine rings is 3. The summed E-state index contributed by atoms with van der Waals surface area (Å²) in [5, 5.41) is 0. The van der Waals surface area contributed by atoms with E-state index in [4.69, 9.17) is 26.1 Å². The van der Waals surface area contributed by atoms with Gasteiger partial charge in [0, 0.05) is 13.1 Å². The number of rotatable bonds is 5. The molecule has 8 nitrogen and oxygen atoms in total. The minimum absolute atomic E-state index is 0.414. The molecular formula is C16H27ClN6O2+2. The van der Waals surface area contributed by atoms with E-state index in [1.807, 2.05) is 0 Å². The summed E-state index contributed by atoms with van der Waals surface area (Å²) < 4.78 is 12.8. The maximum atomic E-state index is 6.03. The van der Waals surface area contributed by atoms with Crippen LogP contribution in [0.25, 0.3) is 0 Å². The fraction of sp³-hybridized carbons (Fsp3) is 0.812. The van der Waals surface area contributed by atoms with E-state index in [2.05, 4.69) is 14.9 Å². The Morgan fingerprint density at radius 2 is 1.72 bits per heavy atom. The fourth-order valence-electron chi connectivity index (χ4n) is 4.24. The standard InChI is InChI=1S/C16H27ClN6O2/c1-24-16-19-14(21-3-12-25-13-4-21)18-15(20-16)23-9-6-22(5-2-17,7-10-23)8-11-23/h2-13H2,1H3/q+2. The van der Waals surface area contributed by atoms with Crippen LogP contribution in [0.5, 0.6) is 6.01 Å². The SMILES string of the molecule is COc1nc(N2CCOCC2)nc([N+]23CC[N+](CCCl)(CC2)CC3)n1. The van der Waals surface area contributed by atoms with Crippen LogP contribution < -0.4 is 14.1 Å². The average Bonchev–Trinajstić information content (AvgIpc) is 2.70. The van der Waals surface area contributed by atoms with Crippen molar-refractivity contribution in [1.82, 2.24) is 19.4 Å². The van der Waals surface area contributed by atoms with Crippen LogP contribution in [-0.2, 0) is 4.74 Å². The van der Waals surface area contributed by atoms with Crippen LogP contribution in [0.2, 0.25) is 0 Å². The number of hydrogen-bond donors (Lipinski definition) is 0. The molecule has 138 valence electrons. The Hall–Kier alpha value is -1.22. The molecule has 1 aromatic heterocycles. The Bertz CT molecular complexity index is 600. The third kappa shape index (κ3) is 3.16. The highest BCUT2D eigenvalue weighted by atomic mass is 35.5. The van der Waals surface area contributed by atoms with Crippen LogP contribution in [0.15, 0.2) is 0 Å². The number of morpholine rings is 1. The summed E-state index contributed by atoms with van der Waals surface area (Å²) >= 11 is 6.03. The van der Waals surface area contributed by atoms with Crippen LogP contribution >= 0.6 is 11.6 Å². The van der Waals surface area contributed by atoms with Gasteiger partial charge in [0.05, 0.1) is 32.7 Å². The third-order valence-electron chi connectivity index (χ3n) is 6.06. The second kappa shape index (κ2) is 6.83. The normalized spacial score (nSPS) is 32.0. The molecule has 0 saturated carbocycles. The molecule has 4 fully saturated rings. The number of anilines is 1. The van der Waals surface area contributed by atoms with E-state index in [-0.39, 0.29) is 0 Å². The molecule has 0 spiro atoms. The topological polar surface area (TPSA) is 60.4 Å². The Morgan fingerprint density at radius 3 is 2.32 bits per heavy atom. The number of hydrogen-bond acceptors (Lipinski definition) is 6. The highest BCUT2D eigenvalue weighted by Gasteiger charge is 2.52. The monoisotopic (exact) mass is 370 g/mol. The number of halogens is 1. The summed E-state index contributed by atoms with van der Waals surface area (Å²) in [5.41, 5.74) is 0. The van der Waals surface area contributed by atoms with E-state index < -0.39 is 0 Å². The van der Waals surface area contributed by atoms with Gasteiger partial charge in [-0.1, -0.05) is 0 Å². The molecule has 4 aliphatic heterocycles. The molecule has 2 bridgehead atoms. The first-order chi connectivity index (χ1) is 12.2. The zero-order chi connectivity index (χ0) is 17.3. The first-order valence-electron chi connectivity index (χ1n) is 9.09. The van der Waals surface area contributed by atoms with Crippen molar-refractivity contribution in [1.29, 1.82) is 0 Å². The van der Waals surface area contributed by atoms with Crippen LogP contribution in [0, 0.1) is 0 Å². The molecule has 0 atom stereocenters. The molecule has 4 saturated heterocycles. The lowest BCUT2D eigenvalue weighted by atomic mass is 10.1. The van der Waals surface area contributed by atoms with Crippen molar-refractivity contribution in [2.24, 2.45) is 0 Å². The van der Waals surface area contributed by atoms with E-state index in [0.29, 0.717) is 19.2 Å². The Balaban J connectivity index is 1.62. The van der Waals surface area contributed by atoms with E-state index in [9.17, 15) is 0 Å². The molecule has 5 rings (SSSR count). The largest absolute Gasteiger partial charge is 0.467 e. The van der Waals surface area contributed by atoms with Gasteiger partial charge in [-0.15, -0.1) is 21.6 Å². The minimum atomic E-state index is 0.414. The number of ether oxygens (including phenoxy) is 2. The van der Waals surface area contributed by atoms with Gasteiger partial charge in [0.1, 0.15) is 39.3 Å². The summed E-state index contributed by atoms with van der Waals surface area (Å²) in [6.45, 7) is 10.7. The van der Waals surface area contributed by atoms with Gasteiger partial charge in [-0.2, -0.15) is 4.98 Å². The number of aromatic nitrogens is 3. The molecule has 0 radical (unpaired) electrons. The van der Waals surface area contributed by atoms with Crippen molar-refractivity contribution in [3.63, 3.8) is 0 Å². The summed E-state index contributed by atoms with van der Waals surface area (Å²) in [6, 6.07) is 0.414. The molecule has 25 heavy (non-hydrogen) atoms. The molecule has 0 aliphatic carbocycles. The summed E-state index contributed by atoms with van der Waals surface area (Å²) in [6.07, 6.45) is 0. The van der Waals surface area contributed by atoms with Crippen molar-refractivity contribution in [2.75, 3.05) is 90.0 Å². The Morgan fingerprint density at radius 1 is 1.04 bits per heavy atom. The van der Waals surface area contributed by atoms with Crippen molar-refractivity contribution in [3.8, 4) is 6.01 Å². The molecular weight excluding hydrogens is 344 g/mol. The van der Waals surface area contributed by atoms with Crippen molar-refractivity contribution in [3.05, 3.63) is 0 Å². The first kappa shape index (κ1) is 17.2. The summed E-state index contributed by atoms with van der Waals surface area (Å²) in [7, 11) is 1.62. The van der Waals surface area contributed by atoms with E-state index in [0.717, 1.165) is 85.6 Å². The second-order valence-corrected chi connectivity index (χ2v) is 7.64. The summed E-state index contributed by atoms with van der Waals surface area (Å²) in [5.74, 6) is 2.31. The van der Waals surface area contributed by atoms with Gasteiger partial charge in [0.2, 0.25) is 5.95 Å². The van der Waals surface area contributed by atoms with Crippen molar-refractivity contribution in [2.45, 2.75) is 0 Å². The average molecular weight is 371 g/mol. The Kier molecular flexibility index (Phi) is 4.70. The molecule has 1 aromatic rings. The molecule has 5 heterocycles. The zero-order valence-electron chi connectivity index (χ0n) is 14.9. The van der Waals surface area contributed by atoms with Crippen LogP contribution in [0.1, 0.15) is 0 Å². The smallest absolute Gasteiger partial charge is 0.337 e. The zero-order valence-corrected chi connectivity index (χ0v) is 15.6. The quantitative estimate of drug-likeness (QED) is 0.541. The lowest BCUT2D eigenvalue weighted by Crippen LogP contribution is -2.76. The van der Waals surface area contributed by atoms with Gasteiger partial charge in [-0.05, 0) is 0 Å². The molecule has 0 aromatic carbocycles. The van der Waals surface area contributed by atoms with Gasteiger partial charge >= 0.3 is 12.0 Å². The van der Waals surface area contributed by atoms with E-state index >= 15 is 0 Å². The van der Waals surface area contributed by atoms with Gasteiger partial charge in [0.15, 0.2) is 0 Å². The van der Waals surface area contributed by atoms with Gasteiger partial charge in [0.25, 0.3) is 0 Å². The van der Waals surface area contributed by atoms with Crippen molar-refractivity contribution < 1.29 is 14.0 Å². The second-order valence-electron chi connectivity index (χ2n) is 7.26. The first-order valence-corrected chi connectivity index (χ1v) is 9.63. The highest BCUT2D eigenvalue weighted by molar-refractivity contribution is 6.17. The number of nitrogens with zero attached hydrogens (tertiary/aromatic N) is 6. The van der Waals surface area contributed by atoms with Crippen LogP contribution in [0.3, 0.4) is 0 Å².